The number of aliphatic imine (C=N–C) groups is 1. The molecular weight excluding hydrogens is 416 g/mol. The van der Waals surface area contributed by atoms with E-state index in [9.17, 15) is 8.78 Å². The molecule has 0 fully saturated rings. The van der Waals surface area contributed by atoms with Gasteiger partial charge >= 0.3 is 0 Å². The van der Waals surface area contributed by atoms with Crippen LogP contribution in [0.4, 0.5) is 20.5 Å². The second-order valence-corrected chi connectivity index (χ2v) is 6.97. The number of imidazole rings is 1. The minimum atomic E-state index is -0.796. The standard InChI is InChI=1S/C19H10ClF2N7O/c20-18-23-8-15-28(18)14-4-2-1-3-12(14)16-24-9-27(29(15)16)19-25-17(30-26-19)11-6-5-10(21)7-13(11)22/h1-9,16H. The molecule has 0 aliphatic carbocycles. The molecule has 1 atom stereocenters. The highest BCUT2D eigenvalue weighted by molar-refractivity contribution is 6.29. The van der Waals surface area contributed by atoms with Crippen molar-refractivity contribution in [1.82, 2.24) is 19.7 Å². The summed E-state index contributed by atoms with van der Waals surface area (Å²) >= 11 is 6.33. The van der Waals surface area contributed by atoms with Crippen molar-refractivity contribution in [2.24, 2.45) is 4.99 Å². The zero-order valence-electron chi connectivity index (χ0n) is 14.9. The Labute approximate surface area is 172 Å². The molecule has 2 aromatic heterocycles. The highest BCUT2D eigenvalue weighted by Gasteiger charge is 2.40. The molecule has 0 bridgehead atoms. The van der Waals surface area contributed by atoms with Gasteiger partial charge in [0, 0.05) is 11.6 Å². The first-order valence-electron chi connectivity index (χ1n) is 8.85. The number of hydrogen-bond donors (Lipinski definition) is 0. The highest BCUT2D eigenvalue weighted by atomic mass is 35.5. The molecule has 0 saturated carbocycles. The third-order valence-electron chi connectivity index (χ3n) is 4.95. The normalized spacial score (nSPS) is 16.6. The van der Waals surface area contributed by atoms with Crippen LogP contribution in [0.25, 0.3) is 17.1 Å². The van der Waals surface area contributed by atoms with Gasteiger partial charge in [-0.05, 0) is 35.0 Å². The minimum Gasteiger partial charge on any atom is -0.332 e. The first-order chi connectivity index (χ1) is 14.6. The summed E-state index contributed by atoms with van der Waals surface area (Å²) in [5.74, 6) is -0.787. The van der Waals surface area contributed by atoms with Gasteiger partial charge in [-0.1, -0.05) is 18.2 Å². The van der Waals surface area contributed by atoms with Crippen LogP contribution in [0.3, 0.4) is 0 Å². The molecule has 148 valence electrons. The van der Waals surface area contributed by atoms with Crippen molar-refractivity contribution in [2.75, 3.05) is 10.0 Å². The summed E-state index contributed by atoms with van der Waals surface area (Å²) < 4.78 is 34.3. The molecule has 1 unspecified atom stereocenters. The van der Waals surface area contributed by atoms with E-state index in [1.807, 2.05) is 24.3 Å². The summed E-state index contributed by atoms with van der Waals surface area (Å²) in [4.78, 5) is 13.1. The summed E-state index contributed by atoms with van der Waals surface area (Å²) in [6, 6.07) is 10.8. The third kappa shape index (κ3) is 2.31. The largest absolute Gasteiger partial charge is 0.332 e. The average Bonchev–Trinajstić information content (AvgIpc) is 3.46. The summed E-state index contributed by atoms with van der Waals surface area (Å²) in [7, 11) is 0. The van der Waals surface area contributed by atoms with E-state index >= 15 is 0 Å². The van der Waals surface area contributed by atoms with E-state index in [0.717, 1.165) is 23.4 Å². The van der Waals surface area contributed by atoms with E-state index in [1.54, 1.807) is 27.1 Å². The Morgan fingerprint density at radius 2 is 1.97 bits per heavy atom. The first-order valence-corrected chi connectivity index (χ1v) is 9.23. The fourth-order valence-electron chi connectivity index (χ4n) is 3.65. The van der Waals surface area contributed by atoms with Crippen LogP contribution >= 0.6 is 11.6 Å². The predicted octanol–water partition coefficient (Wildman–Crippen LogP) is 4.14. The predicted molar refractivity (Wildman–Crippen MR) is 104 cm³/mol. The molecule has 0 radical (unpaired) electrons. The Hall–Kier alpha value is -3.79. The number of aromatic nitrogens is 4. The SMILES string of the molecule is Fc1ccc(-c2nc(N3C=NC4c5ccccc5-n5c(cnc5Cl)N43)no2)c(F)c1. The Balaban J connectivity index is 1.44. The number of halogens is 3. The summed E-state index contributed by atoms with van der Waals surface area (Å²) in [6.45, 7) is 0. The van der Waals surface area contributed by atoms with E-state index in [-0.39, 0.29) is 23.6 Å². The molecule has 11 heteroatoms. The quantitative estimate of drug-likeness (QED) is 0.480. The van der Waals surface area contributed by atoms with Crippen molar-refractivity contribution in [3.8, 4) is 17.1 Å². The molecule has 2 aliphatic rings. The van der Waals surface area contributed by atoms with Crippen molar-refractivity contribution >= 4 is 29.7 Å². The van der Waals surface area contributed by atoms with Crippen LogP contribution in [0, 0.1) is 11.6 Å². The fourth-order valence-corrected chi connectivity index (χ4v) is 3.88. The number of rotatable bonds is 2. The molecule has 8 nitrogen and oxygen atoms in total. The van der Waals surface area contributed by atoms with E-state index in [4.69, 9.17) is 16.1 Å². The van der Waals surface area contributed by atoms with Crippen LogP contribution < -0.4 is 10.0 Å². The van der Waals surface area contributed by atoms with Crippen LogP contribution in [0.2, 0.25) is 5.28 Å². The Morgan fingerprint density at radius 3 is 2.83 bits per heavy atom. The van der Waals surface area contributed by atoms with Crippen LogP contribution in [0.15, 0.2) is 58.2 Å². The number of hydrogen-bond acceptors (Lipinski definition) is 7. The number of anilines is 2. The molecule has 0 amide bonds. The number of benzene rings is 2. The smallest absolute Gasteiger partial charge is 0.291 e. The zero-order chi connectivity index (χ0) is 20.4. The maximum absolute atomic E-state index is 14.1. The lowest BCUT2D eigenvalue weighted by Gasteiger charge is -2.36. The Morgan fingerprint density at radius 1 is 1.10 bits per heavy atom. The summed E-state index contributed by atoms with van der Waals surface area (Å²) in [5, 5.41) is 7.62. The van der Waals surface area contributed by atoms with Crippen molar-refractivity contribution in [3.05, 3.63) is 71.1 Å². The molecule has 0 spiro atoms. The third-order valence-corrected chi connectivity index (χ3v) is 5.22. The Kier molecular flexibility index (Phi) is 3.48. The molecule has 0 saturated heterocycles. The molecule has 4 aromatic rings. The van der Waals surface area contributed by atoms with E-state index in [2.05, 4.69) is 20.1 Å². The maximum Gasteiger partial charge on any atom is 0.291 e. The first kappa shape index (κ1) is 17.1. The van der Waals surface area contributed by atoms with Gasteiger partial charge in [-0.2, -0.15) is 4.98 Å². The Bertz CT molecular complexity index is 1330. The lowest BCUT2D eigenvalue weighted by atomic mass is 10.1. The number of fused-ring (bicyclic) bond motifs is 6. The van der Waals surface area contributed by atoms with Gasteiger partial charge in [0.25, 0.3) is 11.8 Å². The average molecular weight is 426 g/mol. The molecule has 6 rings (SSSR count). The van der Waals surface area contributed by atoms with Gasteiger partial charge in [-0.3, -0.25) is 4.57 Å². The number of para-hydroxylation sites is 1. The van der Waals surface area contributed by atoms with E-state index < -0.39 is 11.6 Å². The van der Waals surface area contributed by atoms with Gasteiger partial charge in [0.05, 0.1) is 17.4 Å². The molecular formula is C19H10ClF2N7O. The summed E-state index contributed by atoms with van der Waals surface area (Å²) in [6.07, 6.45) is 2.78. The fraction of sp³-hybridized carbons (Fsp3) is 0.0526. The topological polar surface area (TPSA) is 75.6 Å². The molecule has 2 aliphatic heterocycles. The lowest BCUT2D eigenvalue weighted by Crippen LogP contribution is -2.43. The van der Waals surface area contributed by atoms with Crippen molar-refractivity contribution < 1.29 is 13.3 Å². The van der Waals surface area contributed by atoms with Crippen LogP contribution in [-0.2, 0) is 0 Å². The molecule has 0 N–H and O–H groups in total. The minimum absolute atomic E-state index is 0.0000817. The van der Waals surface area contributed by atoms with Crippen LogP contribution in [0.1, 0.15) is 11.7 Å². The maximum atomic E-state index is 14.1. The molecule has 2 aromatic carbocycles. The van der Waals surface area contributed by atoms with Gasteiger partial charge in [0.15, 0.2) is 12.0 Å². The second kappa shape index (κ2) is 6.10. The van der Waals surface area contributed by atoms with Gasteiger partial charge in [-0.25, -0.2) is 28.8 Å². The molecule has 30 heavy (non-hydrogen) atoms. The summed E-state index contributed by atoms with van der Waals surface area (Å²) in [5.41, 5.74) is 1.79. The second-order valence-electron chi connectivity index (χ2n) is 6.63. The van der Waals surface area contributed by atoms with Crippen molar-refractivity contribution in [1.29, 1.82) is 0 Å². The number of hydrazine groups is 1. The molecule has 4 heterocycles. The monoisotopic (exact) mass is 425 g/mol. The van der Waals surface area contributed by atoms with Gasteiger partial charge in [0.2, 0.25) is 5.28 Å². The van der Waals surface area contributed by atoms with Gasteiger partial charge in [0.1, 0.15) is 18.0 Å². The van der Waals surface area contributed by atoms with Crippen molar-refractivity contribution in [3.63, 3.8) is 0 Å². The van der Waals surface area contributed by atoms with E-state index in [1.165, 1.54) is 6.07 Å². The van der Waals surface area contributed by atoms with E-state index in [0.29, 0.717) is 11.1 Å². The highest BCUT2D eigenvalue weighted by Crippen LogP contribution is 2.44. The number of nitrogens with zero attached hydrogens (tertiary/aromatic N) is 7. The van der Waals surface area contributed by atoms with Crippen LogP contribution in [-0.4, -0.2) is 26.0 Å². The van der Waals surface area contributed by atoms with Gasteiger partial charge < -0.3 is 4.52 Å². The van der Waals surface area contributed by atoms with Crippen LogP contribution in [0.5, 0.6) is 0 Å². The lowest BCUT2D eigenvalue weighted by molar-refractivity contribution is 0.427. The van der Waals surface area contributed by atoms with Gasteiger partial charge in [-0.15, -0.1) is 0 Å². The van der Waals surface area contributed by atoms with Crippen molar-refractivity contribution in [2.45, 2.75) is 6.17 Å². The zero-order valence-corrected chi connectivity index (χ0v) is 15.7.